The number of halogens is 1. The fourth-order valence-electron chi connectivity index (χ4n) is 1.61. The predicted molar refractivity (Wildman–Crippen MR) is 73.8 cm³/mol. The highest BCUT2D eigenvalue weighted by molar-refractivity contribution is 6.29. The number of nitrogens with zero attached hydrogens (tertiary/aromatic N) is 2. The molecule has 6 heteroatoms. The van der Waals surface area contributed by atoms with Gasteiger partial charge in [0.15, 0.2) is 0 Å². The molecule has 3 N–H and O–H groups in total. The van der Waals surface area contributed by atoms with E-state index in [9.17, 15) is 4.79 Å². The first-order valence-electron chi connectivity index (χ1n) is 5.67. The van der Waals surface area contributed by atoms with E-state index >= 15 is 0 Å². The molecular weight excluding hydrogens is 264 g/mol. The van der Waals surface area contributed by atoms with Crippen LogP contribution in [-0.4, -0.2) is 15.9 Å². The Hall–Kier alpha value is -2.14. The van der Waals surface area contributed by atoms with Gasteiger partial charge in [-0.25, -0.2) is 4.98 Å². The van der Waals surface area contributed by atoms with Gasteiger partial charge in [-0.15, -0.1) is 0 Å². The maximum atomic E-state index is 12.0. The lowest BCUT2D eigenvalue weighted by Gasteiger charge is -2.08. The fourth-order valence-corrected chi connectivity index (χ4v) is 1.82. The smallest absolute Gasteiger partial charge is 0.251 e. The summed E-state index contributed by atoms with van der Waals surface area (Å²) in [6.07, 6.45) is 3.44. The minimum atomic E-state index is -0.251. The second-order valence-electron chi connectivity index (χ2n) is 4.09. The monoisotopic (exact) mass is 276 g/mol. The third-order valence-corrected chi connectivity index (χ3v) is 2.86. The molecule has 0 saturated heterocycles. The van der Waals surface area contributed by atoms with Crippen LogP contribution in [0.4, 0.5) is 5.82 Å². The number of nitrogens with two attached hydrogens (primary N) is 1. The summed E-state index contributed by atoms with van der Waals surface area (Å²) in [5.74, 6) is -0.0329. The highest BCUT2D eigenvalue weighted by atomic mass is 35.5. The molecule has 2 rings (SSSR count). The van der Waals surface area contributed by atoms with Crippen LogP contribution in [-0.2, 0) is 6.54 Å². The second kappa shape index (κ2) is 5.67. The van der Waals surface area contributed by atoms with E-state index in [1.807, 2.05) is 13.0 Å². The van der Waals surface area contributed by atoms with E-state index in [-0.39, 0.29) is 16.9 Å². The van der Waals surface area contributed by atoms with Crippen molar-refractivity contribution in [1.29, 1.82) is 0 Å². The molecule has 5 nitrogen and oxygen atoms in total. The number of anilines is 1. The standard InChI is InChI=1S/C13H13ClN4O/c1-8-2-3-16-6-10(8)7-17-13(19)9-4-11(14)18-12(15)5-9/h2-6H,7H2,1H3,(H2,15,18)(H,17,19). The molecule has 2 aromatic heterocycles. The molecule has 0 radical (unpaired) electrons. The molecule has 0 spiro atoms. The van der Waals surface area contributed by atoms with E-state index < -0.39 is 0 Å². The van der Waals surface area contributed by atoms with Crippen molar-refractivity contribution in [2.45, 2.75) is 13.5 Å². The number of amides is 1. The van der Waals surface area contributed by atoms with Gasteiger partial charge in [-0.3, -0.25) is 9.78 Å². The largest absolute Gasteiger partial charge is 0.384 e. The molecule has 0 fully saturated rings. The average molecular weight is 277 g/mol. The molecule has 0 bridgehead atoms. The molecular formula is C13H13ClN4O. The van der Waals surface area contributed by atoms with Gasteiger partial charge in [-0.05, 0) is 36.2 Å². The fraction of sp³-hybridized carbons (Fsp3) is 0.154. The Bertz CT molecular complexity index is 595. The minimum Gasteiger partial charge on any atom is -0.384 e. The van der Waals surface area contributed by atoms with Crippen molar-refractivity contribution < 1.29 is 4.79 Å². The van der Waals surface area contributed by atoms with Crippen molar-refractivity contribution in [2.24, 2.45) is 0 Å². The maximum Gasteiger partial charge on any atom is 0.251 e. The van der Waals surface area contributed by atoms with Crippen LogP contribution in [0.2, 0.25) is 5.15 Å². The second-order valence-corrected chi connectivity index (χ2v) is 4.48. The number of hydrogen-bond acceptors (Lipinski definition) is 4. The number of carbonyl (C=O) groups is 1. The SMILES string of the molecule is Cc1ccncc1CNC(=O)c1cc(N)nc(Cl)c1. The summed E-state index contributed by atoms with van der Waals surface area (Å²) in [4.78, 5) is 19.8. The van der Waals surface area contributed by atoms with Gasteiger partial charge in [0.25, 0.3) is 5.91 Å². The third-order valence-electron chi connectivity index (χ3n) is 2.66. The summed E-state index contributed by atoms with van der Waals surface area (Å²) in [5, 5.41) is 2.99. The molecule has 2 aromatic rings. The molecule has 98 valence electrons. The van der Waals surface area contributed by atoms with Crippen molar-refractivity contribution in [3.63, 3.8) is 0 Å². The molecule has 0 aromatic carbocycles. The van der Waals surface area contributed by atoms with Crippen LogP contribution in [0.3, 0.4) is 0 Å². The third kappa shape index (κ3) is 3.42. The molecule has 0 aliphatic heterocycles. The first-order chi connectivity index (χ1) is 9.06. The number of hydrogen-bond donors (Lipinski definition) is 2. The van der Waals surface area contributed by atoms with Crippen LogP contribution in [0.1, 0.15) is 21.5 Å². The number of aromatic nitrogens is 2. The number of nitrogen functional groups attached to an aromatic ring is 1. The van der Waals surface area contributed by atoms with Crippen molar-refractivity contribution >= 4 is 23.3 Å². The predicted octanol–water partition coefficient (Wildman–Crippen LogP) is 1.95. The van der Waals surface area contributed by atoms with Crippen LogP contribution >= 0.6 is 11.6 Å². The zero-order valence-electron chi connectivity index (χ0n) is 10.4. The first kappa shape index (κ1) is 13.3. The summed E-state index contributed by atoms with van der Waals surface area (Å²) in [6, 6.07) is 4.85. The molecule has 1 amide bonds. The molecule has 2 heterocycles. The molecule has 0 atom stereocenters. The lowest BCUT2D eigenvalue weighted by Crippen LogP contribution is -2.23. The summed E-state index contributed by atoms with van der Waals surface area (Å²) < 4.78 is 0. The molecule has 0 aliphatic carbocycles. The van der Waals surface area contributed by atoms with Gasteiger partial charge in [0.1, 0.15) is 11.0 Å². The Balaban J connectivity index is 2.08. The van der Waals surface area contributed by atoms with Crippen LogP contribution in [0.15, 0.2) is 30.6 Å². The van der Waals surface area contributed by atoms with E-state index in [0.717, 1.165) is 11.1 Å². The first-order valence-corrected chi connectivity index (χ1v) is 6.05. The summed E-state index contributed by atoms with van der Waals surface area (Å²) >= 11 is 5.76. The van der Waals surface area contributed by atoms with E-state index in [0.29, 0.717) is 12.1 Å². The number of aryl methyl sites for hydroxylation is 1. The Kier molecular flexibility index (Phi) is 3.97. The Morgan fingerprint density at radius 1 is 1.47 bits per heavy atom. The van der Waals surface area contributed by atoms with Crippen molar-refractivity contribution in [1.82, 2.24) is 15.3 Å². The normalized spacial score (nSPS) is 10.2. The van der Waals surface area contributed by atoms with Gasteiger partial charge in [0, 0.05) is 24.5 Å². The lowest BCUT2D eigenvalue weighted by molar-refractivity contribution is 0.0951. The van der Waals surface area contributed by atoms with Gasteiger partial charge in [-0.1, -0.05) is 11.6 Å². The zero-order chi connectivity index (χ0) is 13.8. The van der Waals surface area contributed by atoms with Crippen LogP contribution in [0.5, 0.6) is 0 Å². The Labute approximate surface area is 115 Å². The van der Waals surface area contributed by atoms with Crippen LogP contribution < -0.4 is 11.1 Å². The lowest BCUT2D eigenvalue weighted by atomic mass is 10.1. The topological polar surface area (TPSA) is 80.9 Å². The molecule has 0 saturated carbocycles. The summed E-state index contributed by atoms with van der Waals surface area (Å²) in [7, 11) is 0. The van der Waals surface area contributed by atoms with E-state index in [4.69, 9.17) is 17.3 Å². The van der Waals surface area contributed by atoms with Crippen LogP contribution in [0.25, 0.3) is 0 Å². The highest BCUT2D eigenvalue weighted by Crippen LogP contribution is 2.12. The van der Waals surface area contributed by atoms with Crippen LogP contribution in [0, 0.1) is 6.92 Å². The van der Waals surface area contributed by atoms with Crippen molar-refractivity contribution in [3.8, 4) is 0 Å². The van der Waals surface area contributed by atoms with Gasteiger partial charge < -0.3 is 11.1 Å². The zero-order valence-corrected chi connectivity index (χ0v) is 11.1. The van der Waals surface area contributed by atoms with Gasteiger partial charge in [0.05, 0.1) is 0 Å². The van der Waals surface area contributed by atoms with Gasteiger partial charge >= 0.3 is 0 Å². The summed E-state index contributed by atoms with van der Waals surface area (Å²) in [6.45, 7) is 2.36. The number of nitrogens with one attached hydrogen (secondary N) is 1. The van der Waals surface area contributed by atoms with Crippen molar-refractivity contribution in [3.05, 3.63) is 52.4 Å². The van der Waals surface area contributed by atoms with Gasteiger partial charge in [0.2, 0.25) is 0 Å². The minimum absolute atomic E-state index is 0.197. The molecule has 0 unspecified atom stereocenters. The van der Waals surface area contributed by atoms with Gasteiger partial charge in [-0.2, -0.15) is 0 Å². The van der Waals surface area contributed by atoms with E-state index in [2.05, 4.69) is 15.3 Å². The average Bonchev–Trinajstić information content (AvgIpc) is 2.36. The maximum absolute atomic E-state index is 12.0. The number of rotatable bonds is 3. The van der Waals surface area contributed by atoms with Crippen molar-refractivity contribution in [2.75, 3.05) is 5.73 Å². The molecule has 0 aliphatic rings. The molecule has 19 heavy (non-hydrogen) atoms. The van der Waals surface area contributed by atoms with E-state index in [1.165, 1.54) is 12.1 Å². The number of carbonyl (C=O) groups excluding carboxylic acids is 1. The highest BCUT2D eigenvalue weighted by Gasteiger charge is 2.08. The Morgan fingerprint density at radius 2 is 2.26 bits per heavy atom. The Morgan fingerprint density at radius 3 is 2.95 bits per heavy atom. The van der Waals surface area contributed by atoms with E-state index in [1.54, 1.807) is 12.4 Å². The quantitative estimate of drug-likeness (QED) is 0.840. The summed E-state index contributed by atoms with van der Waals surface area (Å²) in [5.41, 5.74) is 7.96. The number of pyridine rings is 2.